The summed E-state index contributed by atoms with van der Waals surface area (Å²) < 4.78 is 57.4. The van der Waals surface area contributed by atoms with Gasteiger partial charge in [-0.1, -0.05) is 29.8 Å². The molecular formula is C34H37ClF3N5O5S. The molecule has 1 saturated heterocycles. The van der Waals surface area contributed by atoms with Gasteiger partial charge in [-0.3, -0.25) is 18.6 Å². The van der Waals surface area contributed by atoms with E-state index in [1.165, 1.54) is 13.2 Å². The predicted octanol–water partition coefficient (Wildman–Crippen LogP) is 5.77. The van der Waals surface area contributed by atoms with Crippen LogP contribution in [0.5, 0.6) is 0 Å². The second-order valence-corrected chi connectivity index (χ2v) is 13.2. The molecule has 0 bridgehead atoms. The van der Waals surface area contributed by atoms with Gasteiger partial charge in [-0.25, -0.2) is 5.43 Å². The lowest BCUT2D eigenvalue weighted by atomic mass is 10.1. The third-order valence-electron chi connectivity index (χ3n) is 7.59. The van der Waals surface area contributed by atoms with Crippen molar-refractivity contribution in [3.8, 4) is 0 Å². The fourth-order valence-electron chi connectivity index (χ4n) is 5.09. The number of methoxy groups -OCH3 is 1. The van der Waals surface area contributed by atoms with E-state index in [0.29, 0.717) is 18.7 Å². The molecule has 0 spiro atoms. The van der Waals surface area contributed by atoms with Gasteiger partial charge in [0.25, 0.3) is 11.8 Å². The minimum absolute atomic E-state index is 0.0683. The number of carbonyl (C=O) groups excluding carboxylic acids is 3. The van der Waals surface area contributed by atoms with Gasteiger partial charge in [0.15, 0.2) is 0 Å². The highest BCUT2D eigenvalue weighted by atomic mass is 35.5. The van der Waals surface area contributed by atoms with Crippen LogP contribution >= 0.6 is 11.6 Å². The van der Waals surface area contributed by atoms with Crippen LogP contribution < -0.4 is 21.0 Å². The molecule has 0 saturated carbocycles. The zero-order chi connectivity index (χ0) is 35.4. The summed E-state index contributed by atoms with van der Waals surface area (Å²) in [5, 5.41) is 8.85. The van der Waals surface area contributed by atoms with Crippen molar-refractivity contribution in [3.05, 3.63) is 93.5 Å². The fourth-order valence-corrected chi connectivity index (χ4v) is 6.42. The SMILES string of the molecule is COCCNC(=O)CCS(=O)Cc1cccc(C(=O)Nc2ccc(N3CCCCC3)cc2C(=O)N/N=C/c2ccc(Cl)c(C(F)(F)F)c2)c1. The van der Waals surface area contributed by atoms with E-state index in [9.17, 15) is 31.8 Å². The monoisotopic (exact) mass is 719 g/mol. The van der Waals surface area contributed by atoms with Crippen LogP contribution in [0.15, 0.2) is 65.8 Å². The van der Waals surface area contributed by atoms with E-state index in [1.54, 1.807) is 42.5 Å². The fraction of sp³-hybridized carbons (Fsp3) is 0.353. The van der Waals surface area contributed by atoms with Crippen LogP contribution in [0, 0.1) is 0 Å². The maximum absolute atomic E-state index is 13.4. The van der Waals surface area contributed by atoms with Gasteiger partial charge in [0, 0.05) is 66.7 Å². The second kappa shape index (κ2) is 17.9. The summed E-state index contributed by atoms with van der Waals surface area (Å²) >= 11 is 5.70. The van der Waals surface area contributed by atoms with Crippen molar-refractivity contribution in [3.63, 3.8) is 0 Å². The van der Waals surface area contributed by atoms with Gasteiger partial charge in [0.2, 0.25) is 5.91 Å². The second-order valence-electron chi connectivity index (χ2n) is 11.2. The number of benzene rings is 3. The first-order valence-corrected chi connectivity index (χ1v) is 17.4. The topological polar surface area (TPSA) is 129 Å². The van der Waals surface area contributed by atoms with Crippen molar-refractivity contribution in [2.45, 2.75) is 37.6 Å². The average Bonchev–Trinajstić information content (AvgIpc) is 3.08. The zero-order valence-electron chi connectivity index (χ0n) is 26.8. The number of piperidine rings is 1. The van der Waals surface area contributed by atoms with Gasteiger partial charge in [0.05, 0.1) is 34.7 Å². The summed E-state index contributed by atoms with van der Waals surface area (Å²) in [6.45, 7) is 2.35. The van der Waals surface area contributed by atoms with Crippen molar-refractivity contribution < 1.29 is 36.5 Å². The van der Waals surface area contributed by atoms with Crippen LogP contribution in [0.25, 0.3) is 0 Å². The van der Waals surface area contributed by atoms with Gasteiger partial charge >= 0.3 is 6.18 Å². The molecule has 1 unspecified atom stereocenters. The summed E-state index contributed by atoms with van der Waals surface area (Å²) in [7, 11) is 0.174. The molecule has 0 aromatic heterocycles. The molecule has 3 N–H and O–H groups in total. The molecule has 0 radical (unpaired) electrons. The molecule has 3 aromatic rings. The Morgan fingerprint density at radius 1 is 1.02 bits per heavy atom. The molecular weight excluding hydrogens is 683 g/mol. The standard InChI is InChI=1S/C34H37ClF3N5O5S/c1-48-16-13-39-31(44)12-17-49(47)22-24-6-5-7-25(18-24)32(45)41-30-11-9-26(43-14-3-2-4-15-43)20-27(30)33(46)42-40-21-23-8-10-29(35)28(19-23)34(36,37)38/h5-11,18-21H,2-4,12-17,22H2,1H3,(H,39,44)(H,41,45)(H,42,46)/b40-21+. The lowest BCUT2D eigenvalue weighted by Crippen LogP contribution is -2.30. The molecule has 0 aliphatic carbocycles. The molecule has 1 heterocycles. The largest absolute Gasteiger partial charge is 0.417 e. The maximum Gasteiger partial charge on any atom is 0.417 e. The Balaban J connectivity index is 1.48. The molecule has 262 valence electrons. The first kappa shape index (κ1) is 37.5. The number of rotatable bonds is 14. The number of ether oxygens (including phenoxy) is 1. The number of halogens is 4. The Bertz CT molecular complexity index is 1700. The molecule has 1 fully saturated rings. The quantitative estimate of drug-likeness (QED) is 0.110. The van der Waals surface area contributed by atoms with Crippen LogP contribution in [0.3, 0.4) is 0 Å². The van der Waals surface area contributed by atoms with Gasteiger partial charge < -0.3 is 20.3 Å². The number of hydrazone groups is 1. The van der Waals surface area contributed by atoms with Crippen LogP contribution in [0.4, 0.5) is 24.5 Å². The molecule has 4 rings (SSSR count). The number of nitrogens with one attached hydrogen (secondary N) is 3. The summed E-state index contributed by atoms with van der Waals surface area (Å²) in [6, 6.07) is 14.9. The molecule has 49 heavy (non-hydrogen) atoms. The van der Waals surface area contributed by atoms with Gasteiger partial charge in [-0.2, -0.15) is 18.3 Å². The van der Waals surface area contributed by atoms with Crippen LogP contribution in [0.1, 0.15) is 63.1 Å². The molecule has 3 amide bonds. The number of alkyl halides is 3. The number of hydrogen-bond acceptors (Lipinski definition) is 7. The Morgan fingerprint density at radius 2 is 1.80 bits per heavy atom. The highest BCUT2D eigenvalue weighted by Gasteiger charge is 2.33. The Hall–Kier alpha value is -4.27. The third-order valence-corrected chi connectivity index (χ3v) is 9.24. The van der Waals surface area contributed by atoms with Gasteiger partial charge in [0.1, 0.15) is 0 Å². The van der Waals surface area contributed by atoms with Crippen LogP contribution in [-0.4, -0.2) is 67.2 Å². The van der Waals surface area contributed by atoms with Crippen LogP contribution in [0.2, 0.25) is 5.02 Å². The van der Waals surface area contributed by atoms with E-state index in [2.05, 4.69) is 26.1 Å². The third kappa shape index (κ3) is 11.4. The minimum Gasteiger partial charge on any atom is -0.383 e. The smallest absolute Gasteiger partial charge is 0.383 e. The highest BCUT2D eigenvalue weighted by Crippen LogP contribution is 2.35. The predicted molar refractivity (Wildman–Crippen MR) is 185 cm³/mol. The Kier molecular flexibility index (Phi) is 13.7. The van der Waals surface area contributed by atoms with Gasteiger partial charge in [-0.05, 0) is 72.9 Å². The number of amides is 3. The summed E-state index contributed by atoms with van der Waals surface area (Å²) in [5.74, 6) is -1.14. The molecule has 1 aliphatic rings. The number of carbonyl (C=O) groups is 3. The van der Waals surface area contributed by atoms with Crippen molar-refractivity contribution in [1.82, 2.24) is 10.7 Å². The number of anilines is 2. The van der Waals surface area contributed by atoms with Crippen LogP contribution in [-0.2, 0) is 32.3 Å². The number of hydrogen-bond donors (Lipinski definition) is 3. The summed E-state index contributed by atoms with van der Waals surface area (Å²) in [5.41, 5.74) is 3.35. The first-order chi connectivity index (χ1) is 23.4. The van der Waals surface area contributed by atoms with E-state index in [1.807, 2.05) is 0 Å². The van der Waals surface area contributed by atoms with Crippen molar-refractivity contribution in [2.24, 2.45) is 5.10 Å². The number of nitrogens with zero attached hydrogens (tertiary/aromatic N) is 2. The van der Waals surface area contributed by atoms with E-state index < -0.39 is 39.4 Å². The maximum atomic E-state index is 13.4. The Labute approximate surface area is 289 Å². The minimum atomic E-state index is -4.66. The van der Waals surface area contributed by atoms with E-state index in [0.717, 1.165) is 56.4 Å². The molecule has 10 nitrogen and oxygen atoms in total. The normalized spacial score (nSPS) is 14.0. The molecule has 15 heteroatoms. The van der Waals surface area contributed by atoms with Crippen molar-refractivity contribution in [2.75, 3.05) is 49.3 Å². The molecule has 1 atom stereocenters. The lowest BCUT2D eigenvalue weighted by molar-refractivity contribution is -0.137. The summed E-state index contributed by atoms with van der Waals surface area (Å²) in [6.07, 6.45) is -0.413. The zero-order valence-corrected chi connectivity index (χ0v) is 28.4. The summed E-state index contributed by atoms with van der Waals surface area (Å²) in [4.78, 5) is 40.8. The molecule has 1 aliphatic heterocycles. The first-order valence-electron chi connectivity index (χ1n) is 15.5. The van der Waals surface area contributed by atoms with Crippen molar-refractivity contribution in [1.29, 1.82) is 0 Å². The lowest BCUT2D eigenvalue weighted by Gasteiger charge is -2.29. The highest BCUT2D eigenvalue weighted by molar-refractivity contribution is 7.84. The van der Waals surface area contributed by atoms with E-state index in [-0.39, 0.29) is 46.2 Å². The van der Waals surface area contributed by atoms with Gasteiger partial charge in [-0.15, -0.1) is 0 Å². The Morgan fingerprint density at radius 3 is 2.53 bits per heavy atom. The van der Waals surface area contributed by atoms with E-state index >= 15 is 0 Å². The van der Waals surface area contributed by atoms with Crippen molar-refractivity contribution >= 4 is 57.7 Å². The molecule has 3 aromatic carbocycles. The average molecular weight is 720 g/mol. The van der Waals surface area contributed by atoms with E-state index in [4.69, 9.17) is 16.3 Å².